The van der Waals surface area contributed by atoms with Crippen molar-refractivity contribution in [1.82, 2.24) is 19.7 Å². The maximum absolute atomic E-state index is 13.0. The lowest BCUT2D eigenvalue weighted by Gasteiger charge is -2.30. The molecule has 0 saturated heterocycles. The van der Waals surface area contributed by atoms with Crippen LogP contribution in [0.4, 0.5) is 0 Å². The van der Waals surface area contributed by atoms with E-state index in [1.165, 1.54) is 11.8 Å². The van der Waals surface area contributed by atoms with E-state index in [0.29, 0.717) is 31.5 Å². The molecule has 31 heavy (non-hydrogen) atoms. The first-order valence-electron chi connectivity index (χ1n) is 10.5. The standard InChI is InChI=1S/C22H24N4O3S2/c1-2-25(12-16-13-28-17-6-3-4-7-18(17)29-16)20(27)14-31-22-24-23-21(19-8-5-11-30-19)26(22)15-9-10-15/h3-8,11,15-16H,2,9-10,12-14H2,1H3. The first kappa shape index (κ1) is 20.4. The Balaban J connectivity index is 1.22. The van der Waals surface area contributed by atoms with Crippen molar-refractivity contribution in [1.29, 1.82) is 0 Å². The van der Waals surface area contributed by atoms with Crippen molar-refractivity contribution in [3.63, 3.8) is 0 Å². The van der Waals surface area contributed by atoms with Gasteiger partial charge in [-0.15, -0.1) is 21.5 Å². The number of nitrogens with zero attached hydrogens (tertiary/aromatic N) is 4. The van der Waals surface area contributed by atoms with Gasteiger partial charge in [-0.05, 0) is 43.3 Å². The summed E-state index contributed by atoms with van der Waals surface area (Å²) in [7, 11) is 0. The minimum absolute atomic E-state index is 0.0676. The molecule has 9 heteroatoms. The highest BCUT2D eigenvalue weighted by Gasteiger charge is 2.31. The van der Waals surface area contributed by atoms with Crippen LogP contribution in [0, 0.1) is 0 Å². The molecular formula is C22H24N4O3S2. The number of benzene rings is 1. The number of hydrogen-bond donors (Lipinski definition) is 0. The van der Waals surface area contributed by atoms with Gasteiger partial charge >= 0.3 is 0 Å². The van der Waals surface area contributed by atoms with E-state index >= 15 is 0 Å². The molecule has 0 bridgehead atoms. The topological polar surface area (TPSA) is 69.5 Å². The molecule has 3 aromatic rings. The van der Waals surface area contributed by atoms with Gasteiger partial charge in [0.05, 0.1) is 17.2 Å². The molecule has 1 saturated carbocycles. The van der Waals surface area contributed by atoms with Crippen molar-refractivity contribution >= 4 is 29.0 Å². The normalized spacial score (nSPS) is 17.5. The maximum Gasteiger partial charge on any atom is 0.233 e. The summed E-state index contributed by atoms with van der Waals surface area (Å²) in [5.41, 5.74) is 0. The van der Waals surface area contributed by atoms with E-state index in [0.717, 1.165) is 40.2 Å². The highest BCUT2D eigenvalue weighted by atomic mass is 32.2. The van der Waals surface area contributed by atoms with Crippen LogP contribution in [0.1, 0.15) is 25.8 Å². The second kappa shape index (κ2) is 8.92. The van der Waals surface area contributed by atoms with E-state index in [1.54, 1.807) is 11.3 Å². The zero-order valence-corrected chi connectivity index (χ0v) is 18.9. The number of thiophene rings is 1. The summed E-state index contributed by atoms with van der Waals surface area (Å²) in [6.07, 6.45) is 2.10. The number of aromatic nitrogens is 3. The number of carbonyl (C=O) groups excluding carboxylic acids is 1. The first-order chi connectivity index (χ1) is 15.2. The Labute approximate surface area is 189 Å². The molecule has 162 valence electrons. The van der Waals surface area contributed by atoms with Crippen LogP contribution in [0.3, 0.4) is 0 Å². The summed E-state index contributed by atoms with van der Waals surface area (Å²) >= 11 is 3.13. The Morgan fingerprint density at radius 1 is 1.23 bits per heavy atom. The molecule has 1 aromatic carbocycles. The van der Waals surface area contributed by atoms with Crippen molar-refractivity contribution in [3.05, 3.63) is 41.8 Å². The highest BCUT2D eigenvalue weighted by molar-refractivity contribution is 7.99. The number of para-hydroxylation sites is 2. The summed E-state index contributed by atoms with van der Waals surface area (Å²) in [5.74, 6) is 2.79. The number of ether oxygens (including phenoxy) is 2. The number of thioether (sulfide) groups is 1. The molecule has 5 rings (SSSR count). The van der Waals surface area contributed by atoms with Crippen LogP contribution in [0.15, 0.2) is 46.9 Å². The van der Waals surface area contributed by atoms with Gasteiger partial charge in [-0.25, -0.2) is 0 Å². The molecule has 0 spiro atoms. The molecule has 1 unspecified atom stereocenters. The van der Waals surface area contributed by atoms with E-state index < -0.39 is 0 Å². The van der Waals surface area contributed by atoms with E-state index in [-0.39, 0.29) is 12.0 Å². The lowest BCUT2D eigenvalue weighted by atomic mass is 10.2. The predicted molar refractivity (Wildman–Crippen MR) is 121 cm³/mol. The second-order valence-electron chi connectivity index (χ2n) is 7.60. The molecule has 7 nitrogen and oxygen atoms in total. The molecule has 1 amide bonds. The number of fused-ring (bicyclic) bond motifs is 1. The maximum atomic E-state index is 13.0. The Morgan fingerprint density at radius 2 is 2.06 bits per heavy atom. The number of carbonyl (C=O) groups is 1. The predicted octanol–water partition coefficient (Wildman–Crippen LogP) is 4.12. The number of likely N-dealkylation sites (N-methyl/N-ethyl adjacent to an activating group) is 1. The van der Waals surface area contributed by atoms with E-state index in [9.17, 15) is 4.79 Å². The Morgan fingerprint density at radius 3 is 2.81 bits per heavy atom. The van der Waals surface area contributed by atoms with Crippen LogP contribution in [0.5, 0.6) is 11.5 Å². The third kappa shape index (κ3) is 4.43. The Hall–Kier alpha value is -2.52. The zero-order valence-electron chi connectivity index (χ0n) is 17.3. The SMILES string of the molecule is CCN(CC1COc2ccccc2O1)C(=O)CSc1nnc(-c2cccs2)n1C1CC1. The van der Waals surface area contributed by atoms with Gasteiger partial charge in [0.25, 0.3) is 0 Å². The Bertz CT molecular complexity index is 1050. The molecule has 1 aliphatic heterocycles. The lowest BCUT2D eigenvalue weighted by molar-refractivity contribution is -0.129. The molecule has 2 aliphatic rings. The lowest BCUT2D eigenvalue weighted by Crippen LogP contribution is -2.44. The van der Waals surface area contributed by atoms with Crippen LogP contribution in [0.25, 0.3) is 10.7 Å². The fourth-order valence-electron chi connectivity index (χ4n) is 3.63. The van der Waals surface area contributed by atoms with Gasteiger partial charge in [0, 0.05) is 12.6 Å². The van der Waals surface area contributed by atoms with Gasteiger partial charge in [-0.2, -0.15) is 0 Å². The molecular weight excluding hydrogens is 432 g/mol. The highest BCUT2D eigenvalue weighted by Crippen LogP contribution is 2.41. The van der Waals surface area contributed by atoms with Gasteiger partial charge in [-0.3, -0.25) is 9.36 Å². The molecule has 2 aromatic heterocycles. The second-order valence-corrected chi connectivity index (χ2v) is 9.49. The van der Waals surface area contributed by atoms with E-state index in [2.05, 4.69) is 20.8 Å². The average molecular weight is 457 g/mol. The van der Waals surface area contributed by atoms with Crippen LogP contribution in [-0.2, 0) is 4.79 Å². The van der Waals surface area contributed by atoms with E-state index in [1.807, 2.05) is 47.5 Å². The molecule has 0 radical (unpaired) electrons. The molecule has 0 N–H and O–H groups in total. The van der Waals surface area contributed by atoms with Gasteiger partial charge in [0.1, 0.15) is 6.61 Å². The number of hydrogen-bond acceptors (Lipinski definition) is 7. The van der Waals surface area contributed by atoms with Gasteiger partial charge in [-0.1, -0.05) is 30.0 Å². The van der Waals surface area contributed by atoms with Crippen LogP contribution in [-0.4, -0.2) is 57.1 Å². The average Bonchev–Trinajstić information content (AvgIpc) is 3.32. The van der Waals surface area contributed by atoms with Crippen LogP contribution in [0.2, 0.25) is 0 Å². The van der Waals surface area contributed by atoms with Crippen molar-refractivity contribution in [3.8, 4) is 22.2 Å². The summed E-state index contributed by atoms with van der Waals surface area (Å²) in [6, 6.07) is 12.2. The molecule has 1 fully saturated rings. The third-order valence-electron chi connectivity index (χ3n) is 5.37. The van der Waals surface area contributed by atoms with Crippen LogP contribution < -0.4 is 9.47 Å². The Kier molecular flexibility index (Phi) is 5.87. The van der Waals surface area contributed by atoms with Gasteiger partial charge < -0.3 is 14.4 Å². The quantitative estimate of drug-likeness (QED) is 0.475. The van der Waals surface area contributed by atoms with Crippen molar-refractivity contribution < 1.29 is 14.3 Å². The molecule has 3 heterocycles. The number of amides is 1. The number of rotatable bonds is 8. The van der Waals surface area contributed by atoms with Gasteiger partial charge in [0.15, 0.2) is 28.6 Å². The van der Waals surface area contributed by atoms with E-state index in [4.69, 9.17) is 9.47 Å². The third-order valence-corrected chi connectivity index (χ3v) is 7.16. The largest absolute Gasteiger partial charge is 0.486 e. The minimum Gasteiger partial charge on any atom is -0.486 e. The smallest absolute Gasteiger partial charge is 0.233 e. The minimum atomic E-state index is -0.177. The zero-order chi connectivity index (χ0) is 21.2. The van der Waals surface area contributed by atoms with Crippen molar-refractivity contribution in [2.75, 3.05) is 25.4 Å². The fourth-order valence-corrected chi connectivity index (χ4v) is 5.25. The fraction of sp³-hybridized carbons (Fsp3) is 0.409. The van der Waals surface area contributed by atoms with Gasteiger partial charge in [0.2, 0.25) is 5.91 Å². The molecule has 1 atom stereocenters. The monoisotopic (exact) mass is 456 g/mol. The summed E-state index contributed by atoms with van der Waals surface area (Å²) in [6.45, 7) is 3.55. The first-order valence-corrected chi connectivity index (χ1v) is 12.4. The van der Waals surface area contributed by atoms with Crippen LogP contribution >= 0.6 is 23.1 Å². The summed E-state index contributed by atoms with van der Waals surface area (Å²) in [5, 5.41) is 11.7. The van der Waals surface area contributed by atoms with Crippen molar-refractivity contribution in [2.45, 2.75) is 37.1 Å². The summed E-state index contributed by atoms with van der Waals surface area (Å²) in [4.78, 5) is 15.9. The molecule has 1 aliphatic carbocycles. The summed E-state index contributed by atoms with van der Waals surface area (Å²) < 4.78 is 14.0. The van der Waals surface area contributed by atoms with Crippen molar-refractivity contribution in [2.24, 2.45) is 0 Å².